The molecule has 0 bridgehead atoms. The predicted molar refractivity (Wildman–Crippen MR) is 113 cm³/mol. The molecule has 1 N–H and O–H groups in total. The zero-order valence-electron chi connectivity index (χ0n) is 17.5. The van der Waals surface area contributed by atoms with Crippen LogP contribution in [0.5, 0.6) is 0 Å². The Labute approximate surface area is 177 Å². The number of aryl methyl sites for hydroxylation is 1. The van der Waals surface area contributed by atoms with Crippen LogP contribution in [0.2, 0.25) is 0 Å². The number of aliphatic carboxylic acids is 1. The van der Waals surface area contributed by atoms with Crippen LogP contribution in [0.3, 0.4) is 0 Å². The second-order valence-electron chi connectivity index (χ2n) is 8.77. The van der Waals surface area contributed by atoms with Crippen LogP contribution in [0.1, 0.15) is 37.7 Å². The van der Waals surface area contributed by atoms with Crippen molar-refractivity contribution in [2.45, 2.75) is 38.5 Å². The Morgan fingerprint density at radius 3 is 2.17 bits per heavy atom. The van der Waals surface area contributed by atoms with Crippen molar-refractivity contribution >= 4 is 23.5 Å². The lowest BCUT2D eigenvalue weighted by molar-refractivity contribution is -0.141. The number of amides is 2. The Hall–Kier alpha value is -2.41. The zero-order valence-corrected chi connectivity index (χ0v) is 17.5. The maximum absolute atomic E-state index is 13.2. The molecule has 0 unspecified atom stereocenters. The molecule has 1 aromatic rings. The minimum atomic E-state index is -0.825. The van der Waals surface area contributed by atoms with E-state index in [2.05, 4.69) is 6.07 Å². The van der Waals surface area contributed by atoms with Crippen molar-refractivity contribution in [3.8, 4) is 0 Å². The van der Waals surface area contributed by atoms with Crippen LogP contribution >= 0.6 is 0 Å². The molecule has 7 nitrogen and oxygen atoms in total. The van der Waals surface area contributed by atoms with E-state index in [0.29, 0.717) is 26.2 Å². The Kier molecular flexibility index (Phi) is 6.37. The monoisotopic (exact) mass is 413 g/mol. The highest BCUT2D eigenvalue weighted by Gasteiger charge is 2.36. The van der Waals surface area contributed by atoms with Gasteiger partial charge in [0.15, 0.2) is 0 Å². The number of benzene rings is 1. The van der Waals surface area contributed by atoms with Gasteiger partial charge in [-0.2, -0.15) is 0 Å². The van der Waals surface area contributed by atoms with Gasteiger partial charge in [0, 0.05) is 50.2 Å². The lowest BCUT2D eigenvalue weighted by atomic mass is 9.80. The fraction of sp³-hybridized carbons (Fsp3) is 0.609. The van der Waals surface area contributed by atoms with E-state index in [9.17, 15) is 14.4 Å². The number of fused-ring (bicyclic) bond motifs is 1. The predicted octanol–water partition coefficient (Wildman–Crippen LogP) is 2.00. The van der Waals surface area contributed by atoms with Gasteiger partial charge in [-0.1, -0.05) is 18.2 Å². The van der Waals surface area contributed by atoms with Gasteiger partial charge in [0.25, 0.3) is 0 Å². The summed E-state index contributed by atoms with van der Waals surface area (Å²) in [6, 6.07) is 8.19. The number of hydrogen-bond acceptors (Lipinski definition) is 4. The van der Waals surface area contributed by atoms with Crippen LogP contribution in [0, 0.1) is 11.8 Å². The fourth-order valence-corrected chi connectivity index (χ4v) is 5.15. The maximum Gasteiger partial charge on any atom is 0.317 e. The molecule has 162 valence electrons. The van der Waals surface area contributed by atoms with Crippen molar-refractivity contribution < 1.29 is 19.5 Å². The van der Waals surface area contributed by atoms with Crippen LogP contribution in [0.4, 0.5) is 5.69 Å². The van der Waals surface area contributed by atoms with Gasteiger partial charge in [-0.15, -0.1) is 0 Å². The normalized spacial score (nSPS) is 24.9. The summed E-state index contributed by atoms with van der Waals surface area (Å²) in [6.07, 6.45) is 5.10. The SMILES string of the molecule is O=C(O)CN1CCN(C(=O)C2CCC(C(=O)N3CCCc4ccccc43)CC2)CC1. The third-order valence-electron chi connectivity index (χ3n) is 6.84. The zero-order chi connectivity index (χ0) is 21.1. The molecule has 0 aromatic heterocycles. The summed E-state index contributed by atoms with van der Waals surface area (Å²) in [6.45, 7) is 3.23. The number of piperazine rings is 1. The van der Waals surface area contributed by atoms with Crippen LogP contribution in [0.15, 0.2) is 24.3 Å². The van der Waals surface area contributed by atoms with Gasteiger partial charge < -0.3 is 14.9 Å². The maximum atomic E-state index is 13.2. The molecule has 2 aliphatic heterocycles. The second-order valence-corrected chi connectivity index (χ2v) is 8.77. The number of rotatable bonds is 4. The summed E-state index contributed by atoms with van der Waals surface area (Å²) < 4.78 is 0. The summed E-state index contributed by atoms with van der Waals surface area (Å²) in [5.41, 5.74) is 2.31. The molecular formula is C23H31N3O4. The Balaban J connectivity index is 1.29. The van der Waals surface area contributed by atoms with Crippen LogP contribution < -0.4 is 4.90 Å². The minimum absolute atomic E-state index is 0.00582. The third-order valence-corrected chi connectivity index (χ3v) is 6.84. The third kappa shape index (κ3) is 4.51. The largest absolute Gasteiger partial charge is 0.480 e. The van der Waals surface area contributed by atoms with Gasteiger partial charge in [0.2, 0.25) is 11.8 Å². The van der Waals surface area contributed by atoms with E-state index in [1.54, 1.807) is 0 Å². The van der Waals surface area contributed by atoms with Crippen LogP contribution in [0.25, 0.3) is 0 Å². The summed E-state index contributed by atoms with van der Waals surface area (Å²) >= 11 is 0. The van der Waals surface area contributed by atoms with E-state index in [1.165, 1.54) is 5.56 Å². The number of anilines is 1. The van der Waals surface area contributed by atoms with Crippen molar-refractivity contribution in [1.29, 1.82) is 0 Å². The van der Waals surface area contributed by atoms with Gasteiger partial charge >= 0.3 is 5.97 Å². The summed E-state index contributed by atoms with van der Waals surface area (Å²) in [4.78, 5) is 42.7. The molecule has 2 heterocycles. The molecule has 2 fully saturated rings. The van der Waals surface area contributed by atoms with Gasteiger partial charge in [-0.25, -0.2) is 0 Å². The van der Waals surface area contributed by atoms with Gasteiger partial charge in [0.1, 0.15) is 0 Å². The van der Waals surface area contributed by atoms with Crippen molar-refractivity contribution in [3.63, 3.8) is 0 Å². The smallest absolute Gasteiger partial charge is 0.317 e. The van der Waals surface area contributed by atoms with Crippen molar-refractivity contribution in [2.75, 3.05) is 44.2 Å². The Morgan fingerprint density at radius 2 is 1.50 bits per heavy atom. The van der Waals surface area contributed by atoms with E-state index in [4.69, 9.17) is 5.11 Å². The summed E-state index contributed by atoms with van der Waals surface area (Å²) in [7, 11) is 0. The highest BCUT2D eigenvalue weighted by molar-refractivity contribution is 5.96. The summed E-state index contributed by atoms with van der Waals surface area (Å²) in [5.74, 6) is -0.426. The number of hydrogen-bond donors (Lipinski definition) is 1. The van der Waals surface area contributed by atoms with E-state index < -0.39 is 5.97 Å². The van der Waals surface area contributed by atoms with E-state index in [1.807, 2.05) is 32.9 Å². The number of nitrogens with zero attached hydrogens (tertiary/aromatic N) is 3. The number of carboxylic acids is 1. The van der Waals surface area contributed by atoms with Crippen molar-refractivity contribution in [2.24, 2.45) is 11.8 Å². The van der Waals surface area contributed by atoms with Crippen LogP contribution in [-0.4, -0.2) is 72.0 Å². The number of para-hydroxylation sites is 1. The highest BCUT2D eigenvalue weighted by atomic mass is 16.4. The fourth-order valence-electron chi connectivity index (χ4n) is 5.15. The number of carbonyl (C=O) groups is 3. The van der Waals surface area contributed by atoms with Crippen LogP contribution in [-0.2, 0) is 20.8 Å². The van der Waals surface area contributed by atoms with Gasteiger partial charge in [-0.05, 0) is 50.2 Å². The molecular weight excluding hydrogens is 382 g/mol. The van der Waals surface area contributed by atoms with E-state index >= 15 is 0 Å². The lowest BCUT2D eigenvalue weighted by Gasteiger charge is -2.38. The first-order chi connectivity index (χ1) is 14.5. The molecule has 2 amide bonds. The van der Waals surface area contributed by atoms with E-state index in [0.717, 1.165) is 50.8 Å². The van der Waals surface area contributed by atoms with E-state index in [-0.39, 0.29) is 30.2 Å². The summed E-state index contributed by atoms with van der Waals surface area (Å²) in [5, 5.41) is 8.91. The second kappa shape index (κ2) is 9.16. The average molecular weight is 414 g/mol. The number of carboxylic acid groups (broad SMARTS) is 1. The molecule has 30 heavy (non-hydrogen) atoms. The Bertz CT molecular complexity index is 795. The number of carbonyl (C=O) groups excluding carboxylic acids is 2. The molecule has 1 aromatic carbocycles. The first-order valence-electron chi connectivity index (χ1n) is 11.1. The lowest BCUT2D eigenvalue weighted by Crippen LogP contribution is -2.51. The minimum Gasteiger partial charge on any atom is -0.480 e. The molecule has 3 aliphatic rings. The molecule has 1 aliphatic carbocycles. The first-order valence-corrected chi connectivity index (χ1v) is 11.1. The van der Waals surface area contributed by atoms with Crippen molar-refractivity contribution in [1.82, 2.24) is 9.80 Å². The topological polar surface area (TPSA) is 81.2 Å². The molecule has 0 spiro atoms. The molecule has 0 atom stereocenters. The quantitative estimate of drug-likeness (QED) is 0.817. The molecule has 1 saturated carbocycles. The van der Waals surface area contributed by atoms with Crippen molar-refractivity contribution in [3.05, 3.63) is 29.8 Å². The van der Waals surface area contributed by atoms with Gasteiger partial charge in [0.05, 0.1) is 6.54 Å². The molecule has 0 radical (unpaired) electrons. The molecule has 4 rings (SSSR count). The average Bonchev–Trinajstić information content (AvgIpc) is 2.78. The Morgan fingerprint density at radius 1 is 0.867 bits per heavy atom. The molecule has 1 saturated heterocycles. The molecule has 7 heteroatoms. The van der Waals surface area contributed by atoms with Gasteiger partial charge in [-0.3, -0.25) is 19.3 Å². The standard InChI is InChI=1S/C23H31N3O4/c27-21(28)16-24-12-14-25(15-13-24)22(29)18-7-9-19(10-8-18)23(30)26-11-3-5-17-4-1-2-6-20(17)26/h1-2,4,6,18-19H,3,5,7-16H2,(H,27,28). The highest BCUT2D eigenvalue weighted by Crippen LogP contribution is 2.34. The first kappa shape index (κ1) is 20.8.